The van der Waals surface area contributed by atoms with E-state index >= 15 is 0 Å². The van der Waals surface area contributed by atoms with Gasteiger partial charge in [0.1, 0.15) is 11.9 Å². The van der Waals surface area contributed by atoms with Crippen LogP contribution in [0.5, 0.6) is 5.75 Å². The first-order valence-corrected chi connectivity index (χ1v) is 12.5. The monoisotopic (exact) mass is 486 g/mol. The maximum absolute atomic E-state index is 13.0. The van der Waals surface area contributed by atoms with Gasteiger partial charge < -0.3 is 15.0 Å². The number of hydrogen-bond donors (Lipinski definition) is 1. The number of rotatable bonds is 7. The second-order valence-electron chi connectivity index (χ2n) is 10.00. The molecule has 0 aromatic heterocycles. The molecular weight excluding hydrogens is 452 g/mol. The lowest BCUT2D eigenvalue weighted by Crippen LogP contribution is -2.42. The predicted molar refractivity (Wildman–Crippen MR) is 140 cm³/mol. The van der Waals surface area contributed by atoms with Crippen molar-refractivity contribution in [1.82, 2.24) is 10.2 Å². The number of benzene rings is 2. The van der Waals surface area contributed by atoms with E-state index < -0.39 is 5.41 Å². The molecule has 1 heterocycles. The average Bonchev–Trinajstić information content (AvgIpc) is 2.87. The first-order chi connectivity index (χ1) is 17.2. The van der Waals surface area contributed by atoms with Gasteiger partial charge in [-0.15, -0.1) is 0 Å². The van der Waals surface area contributed by atoms with Gasteiger partial charge in [0.2, 0.25) is 0 Å². The van der Waals surface area contributed by atoms with Crippen LogP contribution in [0.15, 0.2) is 66.8 Å². The SMILES string of the molecule is Cc1cc(C)cc(C(=O)N2CCC(Oc3ccccc3C(=O)NCC(=O)C3(C)C=CC=CC3)CC2)c1. The Balaban J connectivity index is 1.33. The standard InChI is InChI=1S/C30H34N2O4/c1-21-17-22(2)19-23(18-21)29(35)32-15-11-24(12-16-32)36-26-10-6-5-9-25(26)28(34)31-20-27(33)30(3)13-7-4-8-14-30/h4-10,13,17-19,24H,11-12,14-16,20H2,1-3H3,(H,31,34). The van der Waals surface area contributed by atoms with Crippen LogP contribution in [0, 0.1) is 19.3 Å². The molecule has 1 aliphatic heterocycles. The largest absolute Gasteiger partial charge is 0.489 e. The molecule has 1 aliphatic carbocycles. The molecule has 1 fully saturated rings. The number of Topliss-reactive ketones (excluding diaryl/α,β-unsaturated/α-hetero) is 1. The number of nitrogens with one attached hydrogen (secondary N) is 1. The van der Waals surface area contributed by atoms with E-state index in [-0.39, 0.29) is 30.2 Å². The van der Waals surface area contributed by atoms with E-state index in [9.17, 15) is 14.4 Å². The van der Waals surface area contributed by atoms with Crippen LogP contribution in [-0.4, -0.2) is 48.2 Å². The van der Waals surface area contributed by atoms with Gasteiger partial charge in [-0.05, 0) is 51.5 Å². The Labute approximate surface area is 213 Å². The summed E-state index contributed by atoms with van der Waals surface area (Å²) in [6, 6.07) is 13.0. The summed E-state index contributed by atoms with van der Waals surface area (Å²) in [5, 5.41) is 2.77. The van der Waals surface area contributed by atoms with Gasteiger partial charge in [-0.25, -0.2) is 0 Å². The number of carbonyl (C=O) groups is 3. The molecule has 2 aromatic carbocycles. The maximum Gasteiger partial charge on any atom is 0.255 e. The third-order valence-electron chi connectivity index (χ3n) is 6.92. The van der Waals surface area contributed by atoms with Crippen LogP contribution < -0.4 is 10.1 Å². The zero-order chi connectivity index (χ0) is 25.7. The summed E-state index contributed by atoms with van der Waals surface area (Å²) in [5.41, 5.74) is 2.68. The normalized spacial score (nSPS) is 19.7. The summed E-state index contributed by atoms with van der Waals surface area (Å²) in [6.45, 7) is 7.03. The van der Waals surface area contributed by atoms with E-state index in [2.05, 4.69) is 11.4 Å². The fourth-order valence-corrected chi connectivity index (χ4v) is 4.79. The van der Waals surface area contributed by atoms with E-state index in [0.29, 0.717) is 43.7 Å². The Morgan fingerprint density at radius 3 is 2.39 bits per heavy atom. The Morgan fingerprint density at radius 1 is 1.03 bits per heavy atom. The average molecular weight is 487 g/mol. The summed E-state index contributed by atoms with van der Waals surface area (Å²) in [5.74, 6) is 0.172. The molecule has 4 rings (SSSR count). The van der Waals surface area contributed by atoms with Crippen LogP contribution in [0.4, 0.5) is 0 Å². The lowest BCUT2D eigenvalue weighted by atomic mass is 9.79. The first-order valence-electron chi connectivity index (χ1n) is 12.5. The van der Waals surface area contributed by atoms with Crippen molar-refractivity contribution in [2.24, 2.45) is 5.41 Å². The van der Waals surface area contributed by atoms with Gasteiger partial charge in [0.25, 0.3) is 11.8 Å². The number of allylic oxidation sites excluding steroid dienone is 4. The van der Waals surface area contributed by atoms with Crippen molar-refractivity contribution in [2.75, 3.05) is 19.6 Å². The molecule has 0 saturated carbocycles. The number of amides is 2. The summed E-state index contributed by atoms with van der Waals surface area (Å²) in [7, 11) is 0. The van der Waals surface area contributed by atoms with Crippen LogP contribution in [0.25, 0.3) is 0 Å². The number of ketones is 1. The minimum Gasteiger partial charge on any atom is -0.489 e. The summed E-state index contributed by atoms with van der Waals surface area (Å²) in [6.07, 6.45) is 9.54. The minimum absolute atomic E-state index is 0.0318. The number of nitrogens with zero attached hydrogens (tertiary/aromatic N) is 1. The molecule has 2 aliphatic rings. The lowest BCUT2D eigenvalue weighted by Gasteiger charge is -2.32. The van der Waals surface area contributed by atoms with Crippen LogP contribution in [-0.2, 0) is 4.79 Å². The summed E-state index contributed by atoms with van der Waals surface area (Å²) in [4.78, 5) is 40.5. The Morgan fingerprint density at radius 2 is 1.72 bits per heavy atom. The van der Waals surface area contributed by atoms with Crippen molar-refractivity contribution < 1.29 is 19.1 Å². The zero-order valence-corrected chi connectivity index (χ0v) is 21.3. The van der Waals surface area contributed by atoms with Crippen LogP contribution in [0.2, 0.25) is 0 Å². The van der Waals surface area contributed by atoms with Gasteiger partial charge in [0.05, 0.1) is 12.1 Å². The molecule has 36 heavy (non-hydrogen) atoms. The quantitative estimate of drug-likeness (QED) is 0.610. The maximum atomic E-state index is 13.0. The topological polar surface area (TPSA) is 75.7 Å². The molecule has 1 unspecified atom stereocenters. The van der Waals surface area contributed by atoms with Gasteiger partial charge in [-0.3, -0.25) is 14.4 Å². The lowest BCUT2D eigenvalue weighted by molar-refractivity contribution is -0.124. The number of hydrogen-bond acceptors (Lipinski definition) is 4. The molecule has 1 saturated heterocycles. The van der Waals surface area contributed by atoms with E-state index in [0.717, 1.165) is 16.7 Å². The predicted octanol–water partition coefficient (Wildman–Crippen LogP) is 4.81. The number of piperidine rings is 1. The number of likely N-dealkylation sites (tertiary alicyclic amines) is 1. The summed E-state index contributed by atoms with van der Waals surface area (Å²) >= 11 is 0. The molecule has 0 spiro atoms. The smallest absolute Gasteiger partial charge is 0.255 e. The highest BCUT2D eigenvalue weighted by molar-refractivity contribution is 6.00. The number of para-hydroxylation sites is 1. The molecule has 6 nitrogen and oxygen atoms in total. The van der Waals surface area contributed by atoms with Crippen LogP contribution in [0.3, 0.4) is 0 Å². The van der Waals surface area contributed by atoms with E-state index in [1.807, 2.05) is 68.2 Å². The molecule has 2 amide bonds. The highest BCUT2D eigenvalue weighted by atomic mass is 16.5. The van der Waals surface area contributed by atoms with Crippen molar-refractivity contribution in [3.63, 3.8) is 0 Å². The number of aryl methyl sites for hydroxylation is 2. The van der Waals surface area contributed by atoms with Crippen molar-refractivity contribution in [2.45, 2.75) is 46.1 Å². The molecule has 188 valence electrons. The van der Waals surface area contributed by atoms with Gasteiger partial charge >= 0.3 is 0 Å². The van der Waals surface area contributed by atoms with Crippen LogP contribution in [0.1, 0.15) is 58.0 Å². The Hall–Kier alpha value is -3.67. The highest BCUT2D eigenvalue weighted by Crippen LogP contribution is 2.28. The molecular formula is C30H34N2O4. The second-order valence-corrected chi connectivity index (χ2v) is 10.00. The minimum atomic E-state index is -0.597. The third kappa shape index (κ3) is 5.93. The van der Waals surface area contributed by atoms with E-state index in [1.165, 1.54) is 0 Å². The first kappa shape index (κ1) is 25.4. The van der Waals surface area contributed by atoms with E-state index in [1.54, 1.807) is 18.2 Å². The van der Waals surface area contributed by atoms with Gasteiger partial charge in [0, 0.05) is 36.9 Å². The van der Waals surface area contributed by atoms with Crippen molar-refractivity contribution in [1.29, 1.82) is 0 Å². The van der Waals surface area contributed by atoms with Gasteiger partial charge in [0.15, 0.2) is 5.78 Å². The second kappa shape index (κ2) is 10.9. The van der Waals surface area contributed by atoms with Crippen molar-refractivity contribution >= 4 is 17.6 Å². The van der Waals surface area contributed by atoms with Gasteiger partial charge in [-0.1, -0.05) is 53.6 Å². The molecule has 0 radical (unpaired) electrons. The summed E-state index contributed by atoms with van der Waals surface area (Å²) < 4.78 is 6.22. The molecule has 2 aromatic rings. The van der Waals surface area contributed by atoms with Crippen molar-refractivity contribution in [3.05, 3.63) is 89.0 Å². The molecule has 1 atom stereocenters. The Kier molecular flexibility index (Phi) is 7.73. The third-order valence-corrected chi connectivity index (χ3v) is 6.92. The molecule has 1 N–H and O–H groups in total. The Bertz CT molecular complexity index is 1190. The molecule has 6 heteroatoms. The number of carbonyl (C=O) groups excluding carboxylic acids is 3. The zero-order valence-electron chi connectivity index (χ0n) is 21.3. The van der Waals surface area contributed by atoms with E-state index in [4.69, 9.17) is 4.74 Å². The molecule has 0 bridgehead atoms. The fraction of sp³-hybridized carbons (Fsp3) is 0.367. The van der Waals surface area contributed by atoms with Crippen LogP contribution >= 0.6 is 0 Å². The number of ether oxygens (including phenoxy) is 1. The van der Waals surface area contributed by atoms with Crippen molar-refractivity contribution in [3.8, 4) is 5.75 Å². The fourth-order valence-electron chi connectivity index (χ4n) is 4.79. The highest BCUT2D eigenvalue weighted by Gasteiger charge is 2.30. The van der Waals surface area contributed by atoms with Gasteiger partial charge in [-0.2, -0.15) is 0 Å².